The Labute approximate surface area is 107 Å². The van der Waals surface area contributed by atoms with Crippen molar-refractivity contribution >= 4 is 5.91 Å². The van der Waals surface area contributed by atoms with Gasteiger partial charge in [-0.2, -0.15) is 0 Å². The fourth-order valence-electron chi connectivity index (χ4n) is 2.92. The normalized spacial score (nSPS) is 24.4. The molecular weight excluding hydrogens is 228 g/mol. The maximum Gasteiger partial charge on any atom is 0.222 e. The van der Waals surface area contributed by atoms with Crippen LogP contribution in [0.4, 0.5) is 0 Å². The Morgan fingerprint density at radius 3 is 3.17 bits per heavy atom. The molecule has 5 nitrogen and oxygen atoms in total. The summed E-state index contributed by atoms with van der Waals surface area (Å²) < 4.78 is 0. The van der Waals surface area contributed by atoms with Crippen LogP contribution in [0.15, 0.2) is 12.5 Å². The number of likely N-dealkylation sites (tertiary alicyclic amines) is 1. The summed E-state index contributed by atoms with van der Waals surface area (Å²) >= 11 is 0. The minimum Gasteiger partial charge on any atom is -0.345 e. The maximum absolute atomic E-state index is 11.5. The minimum atomic E-state index is 0.278. The molecule has 0 spiro atoms. The molecule has 3 heterocycles. The molecule has 18 heavy (non-hydrogen) atoms. The summed E-state index contributed by atoms with van der Waals surface area (Å²) in [6, 6.07) is 0. The Morgan fingerprint density at radius 2 is 2.39 bits per heavy atom. The van der Waals surface area contributed by atoms with Crippen LogP contribution in [0.25, 0.3) is 0 Å². The van der Waals surface area contributed by atoms with Gasteiger partial charge in [0.25, 0.3) is 0 Å². The van der Waals surface area contributed by atoms with Crippen LogP contribution in [0.1, 0.15) is 17.7 Å². The predicted octanol–water partition coefficient (Wildman–Crippen LogP) is 0.313. The summed E-state index contributed by atoms with van der Waals surface area (Å²) in [4.78, 5) is 24.2. The summed E-state index contributed by atoms with van der Waals surface area (Å²) in [5.41, 5.74) is 2.42. The van der Waals surface area contributed by atoms with Crippen molar-refractivity contribution in [3.05, 3.63) is 23.8 Å². The zero-order valence-electron chi connectivity index (χ0n) is 10.7. The number of hydrogen-bond donors (Lipinski definition) is 0. The van der Waals surface area contributed by atoms with Gasteiger partial charge in [-0.05, 0) is 5.92 Å². The van der Waals surface area contributed by atoms with Gasteiger partial charge in [-0.25, -0.2) is 9.97 Å². The van der Waals surface area contributed by atoms with E-state index in [0.29, 0.717) is 12.3 Å². The SMILES string of the molecule is CN1CC(CN2CCc3ncncc3C2)CC1=O. The minimum absolute atomic E-state index is 0.278. The molecule has 1 aromatic heterocycles. The van der Waals surface area contributed by atoms with Gasteiger partial charge in [0.15, 0.2) is 0 Å². The van der Waals surface area contributed by atoms with Gasteiger partial charge in [0.1, 0.15) is 6.33 Å². The largest absolute Gasteiger partial charge is 0.345 e. The highest BCUT2D eigenvalue weighted by atomic mass is 16.2. The zero-order valence-corrected chi connectivity index (χ0v) is 10.7. The zero-order chi connectivity index (χ0) is 12.5. The number of aromatic nitrogens is 2. The number of amides is 1. The lowest BCUT2D eigenvalue weighted by Gasteiger charge is -2.29. The van der Waals surface area contributed by atoms with E-state index in [4.69, 9.17) is 0 Å². The van der Waals surface area contributed by atoms with Crippen LogP contribution in [0, 0.1) is 5.92 Å². The van der Waals surface area contributed by atoms with Crippen LogP contribution in [0.2, 0.25) is 0 Å². The smallest absolute Gasteiger partial charge is 0.222 e. The second kappa shape index (κ2) is 4.65. The van der Waals surface area contributed by atoms with E-state index >= 15 is 0 Å². The Bertz CT molecular complexity index is 462. The van der Waals surface area contributed by atoms with Crippen LogP contribution in [-0.4, -0.2) is 52.4 Å². The van der Waals surface area contributed by atoms with E-state index in [1.54, 1.807) is 6.33 Å². The van der Waals surface area contributed by atoms with Crippen LogP contribution in [-0.2, 0) is 17.8 Å². The van der Waals surface area contributed by atoms with Crippen molar-refractivity contribution in [2.75, 3.05) is 26.7 Å². The molecule has 1 fully saturated rings. The Morgan fingerprint density at radius 1 is 1.50 bits per heavy atom. The third-order valence-corrected chi connectivity index (χ3v) is 3.88. The number of fused-ring (bicyclic) bond motifs is 1. The van der Waals surface area contributed by atoms with Crippen molar-refractivity contribution in [1.29, 1.82) is 0 Å². The highest BCUT2D eigenvalue weighted by molar-refractivity contribution is 5.78. The molecule has 1 atom stereocenters. The Hall–Kier alpha value is -1.49. The molecule has 1 unspecified atom stereocenters. The van der Waals surface area contributed by atoms with Gasteiger partial charge in [-0.1, -0.05) is 0 Å². The first-order chi connectivity index (χ1) is 8.72. The third-order valence-electron chi connectivity index (χ3n) is 3.88. The van der Waals surface area contributed by atoms with Gasteiger partial charge in [0.05, 0.1) is 0 Å². The van der Waals surface area contributed by atoms with Crippen LogP contribution in [0.5, 0.6) is 0 Å². The number of hydrogen-bond acceptors (Lipinski definition) is 4. The number of carbonyl (C=O) groups excluding carboxylic acids is 1. The molecule has 1 amide bonds. The van der Waals surface area contributed by atoms with Gasteiger partial charge >= 0.3 is 0 Å². The van der Waals surface area contributed by atoms with E-state index < -0.39 is 0 Å². The number of rotatable bonds is 2. The summed E-state index contributed by atoms with van der Waals surface area (Å²) in [7, 11) is 1.89. The van der Waals surface area contributed by atoms with Crippen molar-refractivity contribution < 1.29 is 4.79 Å². The molecule has 3 rings (SSSR count). The van der Waals surface area contributed by atoms with Gasteiger partial charge in [0, 0.05) is 63.5 Å². The summed E-state index contributed by atoms with van der Waals surface area (Å²) in [5, 5.41) is 0. The van der Waals surface area contributed by atoms with Crippen molar-refractivity contribution in [3.63, 3.8) is 0 Å². The second-order valence-corrected chi connectivity index (χ2v) is 5.32. The topological polar surface area (TPSA) is 49.3 Å². The second-order valence-electron chi connectivity index (χ2n) is 5.32. The molecule has 0 radical (unpaired) electrons. The van der Waals surface area contributed by atoms with Crippen molar-refractivity contribution in [3.8, 4) is 0 Å². The molecule has 0 aliphatic carbocycles. The first kappa shape index (κ1) is 11.6. The van der Waals surface area contributed by atoms with Gasteiger partial charge in [0.2, 0.25) is 5.91 Å². The van der Waals surface area contributed by atoms with E-state index in [0.717, 1.165) is 32.6 Å². The molecule has 1 aromatic rings. The van der Waals surface area contributed by atoms with Crippen LogP contribution < -0.4 is 0 Å². The highest BCUT2D eigenvalue weighted by Crippen LogP contribution is 2.21. The molecule has 96 valence electrons. The van der Waals surface area contributed by atoms with Crippen LogP contribution in [0.3, 0.4) is 0 Å². The average Bonchev–Trinajstić information content (AvgIpc) is 2.68. The molecule has 2 aliphatic rings. The lowest BCUT2D eigenvalue weighted by atomic mass is 10.0. The number of nitrogens with zero attached hydrogens (tertiary/aromatic N) is 4. The molecule has 0 aromatic carbocycles. The summed E-state index contributed by atoms with van der Waals surface area (Å²) in [6.07, 6.45) is 5.24. The molecule has 0 saturated carbocycles. The van der Waals surface area contributed by atoms with E-state index in [1.807, 2.05) is 18.1 Å². The molecule has 2 aliphatic heterocycles. The van der Waals surface area contributed by atoms with Gasteiger partial charge < -0.3 is 4.90 Å². The van der Waals surface area contributed by atoms with Crippen molar-refractivity contribution in [2.45, 2.75) is 19.4 Å². The van der Waals surface area contributed by atoms with Gasteiger partial charge in [-0.15, -0.1) is 0 Å². The monoisotopic (exact) mass is 246 g/mol. The van der Waals surface area contributed by atoms with E-state index in [2.05, 4.69) is 14.9 Å². The third kappa shape index (κ3) is 2.22. The molecule has 1 saturated heterocycles. The molecule has 0 bridgehead atoms. The standard InChI is InChI=1S/C13H18N4O/c1-16-6-10(4-13(16)18)7-17-3-2-12-11(8-17)5-14-9-15-12/h5,9-10H,2-4,6-8H2,1H3. The predicted molar refractivity (Wildman–Crippen MR) is 66.8 cm³/mol. The first-order valence-electron chi connectivity index (χ1n) is 6.46. The summed E-state index contributed by atoms with van der Waals surface area (Å²) in [5.74, 6) is 0.759. The van der Waals surface area contributed by atoms with Crippen molar-refractivity contribution in [2.24, 2.45) is 5.92 Å². The van der Waals surface area contributed by atoms with Gasteiger partial charge in [-0.3, -0.25) is 9.69 Å². The molecule has 5 heteroatoms. The quantitative estimate of drug-likeness (QED) is 0.754. The van der Waals surface area contributed by atoms with E-state index in [1.165, 1.54) is 11.3 Å². The fraction of sp³-hybridized carbons (Fsp3) is 0.615. The fourth-order valence-corrected chi connectivity index (χ4v) is 2.92. The van der Waals surface area contributed by atoms with Crippen LogP contribution >= 0.6 is 0 Å². The molecular formula is C13H18N4O. The Balaban J connectivity index is 1.62. The lowest BCUT2D eigenvalue weighted by molar-refractivity contribution is -0.126. The summed E-state index contributed by atoms with van der Waals surface area (Å²) in [6.45, 7) is 3.86. The maximum atomic E-state index is 11.5. The molecule has 0 N–H and O–H groups in total. The first-order valence-corrected chi connectivity index (χ1v) is 6.46. The highest BCUT2D eigenvalue weighted by Gasteiger charge is 2.29. The van der Waals surface area contributed by atoms with E-state index in [9.17, 15) is 4.79 Å². The lowest BCUT2D eigenvalue weighted by Crippen LogP contribution is -2.35. The Kier molecular flexibility index (Phi) is 2.99. The van der Waals surface area contributed by atoms with E-state index in [-0.39, 0.29) is 5.91 Å². The van der Waals surface area contributed by atoms with Crippen molar-refractivity contribution in [1.82, 2.24) is 19.8 Å². The number of carbonyl (C=O) groups is 1. The average molecular weight is 246 g/mol.